The van der Waals surface area contributed by atoms with E-state index in [2.05, 4.69) is 12.2 Å². The highest BCUT2D eigenvalue weighted by molar-refractivity contribution is 5.69. The molecular formula is C11H15NO3. The Labute approximate surface area is 89.1 Å². The van der Waals surface area contributed by atoms with Crippen molar-refractivity contribution < 1.29 is 14.2 Å². The lowest BCUT2D eigenvalue weighted by Gasteiger charge is -2.26. The van der Waals surface area contributed by atoms with E-state index < -0.39 is 0 Å². The van der Waals surface area contributed by atoms with Crippen LogP contribution in [0.15, 0.2) is 12.1 Å². The van der Waals surface area contributed by atoms with Crippen LogP contribution >= 0.6 is 0 Å². The third-order valence-electron chi connectivity index (χ3n) is 2.38. The highest BCUT2D eigenvalue weighted by Crippen LogP contribution is 2.44. The molecule has 82 valence electrons. The van der Waals surface area contributed by atoms with Gasteiger partial charge in [-0.2, -0.15) is 0 Å². The van der Waals surface area contributed by atoms with Crippen molar-refractivity contribution in [2.24, 2.45) is 0 Å². The largest absolute Gasteiger partial charge is 0.493 e. The standard InChI is InChI=1S/C11H15NO3/c1-7-6-15-10-8(12-7)4-5-9(13-2)11(10)14-3/h4-5,7,12H,6H2,1-3H3. The number of hydrogen-bond donors (Lipinski definition) is 1. The zero-order valence-corrected chi connectivity index (χ0v) is 9.16. The molecule has 0 amide bonds. The van der Waals surface area contributed by atoms with Crippen LogP contribution < -0.4 is 19.5 Å². The summed E-state index contributed by atoms with van der Waals surface area (Å²) in [5.74, 6) is 2.07. The molecule has 1 aliphatic heterocycles. The van der Waals surface area contributed by atoms with Crippen molar-refractivity contribution in [2.75, 3.05) is 26.1 Å². The highest BCUT2D eigenvalue weighted by Gasteiger charge is 2.22. The first-order valence-corrected chi connectivity index (χ1v) is 4.90. The second-order valence-corrected chi connectivity index (χ2v) is 3.53. The molecule has 0 saturated heterocycles. The van der Waals surface area contributed by atoms with Crippen LogP contribution in [-0.4, -0.2) is 26.9 Å². The van der Waals surface area contributed by atoms with Crippen molar-refractivity contribution in [1.29, 1.82) is 0 Å². The van der Waals surface area contributed by atoms with Gasteiger partial charge < -0.3 is 19.5 Å². The third kappa shape index (κ3) is 1.67. The van der Waals surface area contributed by atoms with Gasteiger partial charge in [0.05, 0.1) is 25.9 Å². The average molecular weight is 209 g/mol. The molecule has 0 aliphatic carbocycles. The number of anilines is 1. The SMILES string of the molecule is COc1ccc2c(c1OC)OCC(C)N2. The summed E-state index contributed by atoms with van der Waals surface area (Å²) in [5, 5.41) is 3.33. The highest BCUT2D eigenvalue weighted by atomic mass is 16.5. The van der Waals surface area contributed by atoms with Crippen LogP contribution in [0.4, 0.5) is 5.69 Å². The maximum Gasteiger partial charge on any atom is 0.205 e. The molecule has 0 fully saturated rings. The molecule has 0 radical (unpaired) electrons. The molecule has 1 unspecified atom stereocenters. The number of hydrogen-bond acceptors (Lipinski definition) is 4. The fourth-order valence-corrected chi connectivity index (χ4v) is 1.67. The Morgan fingerprint density at radius 3 is 2.80 bits per heavy atom. The summed E-state index contributed by atoms with van der Waals surface area (Å²) in [7, 11) is 3.22. The van der Waals surface area contributed by atoms with Gasteiger partial charge in [0.2, 0.25) is 5.75 Å². The van der Waals surface area contributed by atoms with Crippen molar-refractivity contribution in [1.82, 2.24) is 0 Å². The molecule has 0 bridgehead atoms. The lowest BCUT2D eigenvalue weighted by atomic mass is 10.2. The molecule has 0 saturated carbocycles. The van der Waals surface area contributed by atoms with Gasteiger partial charge in [-0.15, -0.1) is 0 Å². The summed E-state index contributed by atoms with van der Waals surface area (Å²) in [5.41, 5.74) is 0.950. The number of methoxy groups -OCH3 is 2. The summed E-state index contributed by atoms with van der Waals surface area (Å²) >= 11 is 0. The Hall–Kier alpha value is -1.58. The molecular weight excluding hydrogens is 194 g/mol. The van der Waals surface area contributed by atoms with E-state index in [9.17, 15) is 0 Å². The van der Waals surface area contributed by atoms with E-state index in [1.807, 2.05) is 12.1 Å². The second kappa shape index (κ2) is 3.88. The summed E-state index contributed by atoms with van der Waals surface area (Å²) in [6.07, 6.45) is 0. The Morgan fingerprint density at radius 2 is 2.13 bits per heavy atom. The van der Waals surface area contributed by atoms with E-state index in [1.54, 1.807) is 14.2 Å². The fourth-order valence-electron chi connectivity index (χ4n) is 1.67. The van der Waals surface area contributed by atoms with E-state index in [4.69, 9.17) is 14.2 Å². The van der Waals surface area contributed by atoms with Crippen LogP contribution in [0.5, 0.6) is 17.2 Å². The first-order chi connectivity index (χ1) is 7.26. The van der Waals surface area contributed by atoms with Gasteiger partial charge in [0.15, 0.2) is 11.5 Å². The molecule has 15 heavy (non-hydrogen) atoms. The first kappa shape index (κ1) is 9.96. The van der Waals surface area contributed by atoms with Gasteiger partial charge >= 0.3 is 0 Å². The zero-order chi connectivity index (χ0) is 10.8. The van der Waals surface area contributed by atoms with E-state index in [0.29, 0.717) is 24.1 Å². The molecule has 1 heterocycles. The van der Waals surface area contributed by atoms with Crippen molar-refractivity contribution >= 4 is 5.69 Å². The van der Waals surface area contributed by atoms with Crippen LogP contribution in [0.25, 0.3) is 0 Å². The van der Waals surface area contributed by atoms with Gasteiger partial charge in [-0.3, -0.25) is 0 Å². The smallest absolute Gasteiger partial charge is 0.205 e. The van der Waals surface area contributed by atoms with Crippen LogP contribution in [0, 0.1) is 0 Å². The predicted octanol–water partition coefficient (Wildman–Crippen LogP) is 1.90. The number of fused-ring (bicyclic) bond motifs is 1. The Kier molecular flexibility index (Phi) is 2.58. The van der Waals surface area contributed by atoms with E-state index >= 15 is 0 Å². The van der Waals surface area contributed by atoms with Gasteiger partial charge in [0.25, 0.3) is 0 Å². The molecule has 1 aromatic carbocycles. The summed E-state index contributed by atoms with van der Waals surface area (Å²) in [6, 6.07) is 4.12. The van der Waals surface area contributed by atoms with E-state index in [1.165, 1.54) is 0 Å². The Bertz CT molecular complexity index is 365. The number of benzene rings is 1. The topological polar surface area (TPSA) is 39.7 Å². The lowest BCUT2D eigenvalue weighted by molar-refractivity contribution is 0.266. The normalized spacial score (nSPS) is 18.5. The average Bonchev–Trinajstić information content (AvgIpc) is 2.27. The quantitative estimate of drug-likeness (QED) is 0.807. The monoisotopic (exact) mass is 209 g/mol. The molecule has 1 aliphatic rings. The number of ether oxygens (including phenoxy) is 3. The maximum absolute atomic E-state index is 5.63. The molecule has 0 aromatic heterocycles. The van der Waals surface area contributed by atoms with Gasteiger partial charge in [0.1, 0.15) is 6.61 Å². The molecule has 0 spiro atoms. The van der Waals surface area contributed by atoms with Crippen molar-refractivity contribution in [3.63, 3.8) is 0 Å². The molecule has 1 aromatic rings. The maximum atomic E-state index is 5.63. The molecule has 4 heteroatoms. The molecule has 2 rings (SSSR count). The first-order valence-electron chi connectivity index (χ1n) is 4.90. The van der Waals surface area contributed by atoms with Crippen LogP contribution in [0.1, 0.15) is 6.92 Å². The number of rotatable bonds is 2. The van der Waals surface area contributed by atoms with Gasteiger partial charge in [-0.05, 0) is 19.1 Å². The summed E-state index contributed by atoms with van der Waals surface area (Å²) < 4.78 is 16.1. The summed E-state index contributed by atoms with van der Waals surface area (Å²) in [4.78, 5) is 0. The third-order valence-corrected chi connectivity index (χ3v) is 2.38. The van der Waals surface area contributed by atoms with E-state index in [-0.39, 0.29) is 0 Å². The Balaban J connectivity index is 2.46. The van der Waals surface area contributed by atoms with Gasteiger partial charge in [-0.1, -0.05) is 0 Å². The van der Waals surface area contributed by atoms with Crippen LogP contribution in [-0.2, 0) is 0 Å². The second-order valence-electron chi connectivity index (χ2n) is 3.53. The molecule has 1 atom stereocenters. The minimum Gasteiger partial charge on any atom is -0.493 e. The van der Waals surface area contributed by atoms with Crippen molar-refractivity contribution in [3.05, 3.63) is 12.1 Å². The Morgan fingerprint density at radius 1 is 1.33 bits per heavy atom. The predicted molar refractivity (Wildman–Crippen MR) is 58.1 cm³/mol. The molecule has 4 nitrogen and oxygen atoms in total. The lowest BCUT2D eigenvalue weighted by Crippen LogP contribution is -2.28. The number of nitrogens with one attached hydrogen (secondary N) is 1. The van der Waals surface area contributed by atoms with Crippen LogP contribution in [0.3, 0.4) is 0 Å². The minimum atomic E-state index is 0.315. The van der Waals surface area contributed by atoms with Gasteiger partial charge in [0, 0.05) is 0 Å². The molecule has 1 N–H and O–H groups in total. The fraction of sp³-hybridized carbons (Fsp3) is 0.455. The zero-order valence-electron chi connectivity index (χ0n) is 9.16. The minimum absolute atomic E-state index is 0.315. The van der Waals surface area contributed by atoms with Crippen LogP contribution in [0.2, 0.25) is 0 Å². The van der Waals surface area contributed by atoms with Crippen molar-refractivity contribution in [3.8, 4) is 17.2 Å². The van der Waals surface area contributed by atoms with Crippen molar-refractivity contribution in [2.45, 2.75) is 13.0 Å². The van der Waals surface area contributed by atoms with E-state index in [0.717, 1.165) is 11.4 Å². The summed E-state index contributed by atoms with van der Waals surface area (Å²) in [6.45, 7) is 2.70. The van der Waals surface area contributed by atoms with Gasteiger partial charge in [-0.25, -0.2) is 0 Å².